The molecule has 0 aliphatic rings. The van der Waals surface area contributed by atoms with Crippen LogP contribution in [0.3, 0.4) is 0 Å². The summed E-state index contributed by atoms with van der Waals surface area (Å²) in [5.41, 5.74) is 0.919. The highest BCUT2D eigenvalue weighted by molar-refractivity contribution is 7.86. The van der Waals surface area contributed by atoms with Crippen molar-refractivity contribution >= 4 is 24.5 Å². The molecular formula is C24H43NO6SSi. The Bertz CT molecular complexity index is 808. The SMILES string of the molecule is CCCC[C@@H](CCC(CO[Si](C)(C)C(C)(C)C)OS(C)(=O)=O)NC(=O)OCc1ccccc1. The van der Waals surface area contributed by atoms with Crippen molar-refractivity contribution in [2.45, 2.75) is 96.7 Å². The molecule has 1 N–H and O–H groups in total. The van der Waals surface area contributed by atoms with E-state index in [2.05, 4.69) is 46.1 Å². The summed E-state index contributed by atoms with van der Waals surface area (Å²) in [7, 11) is -5.68. The first kappa shape index (κ1) is 29.6. The van der Waals surface area contributed by atoms with Gasteiger partial charge in [0.15, 0.2) is 8.32 Å². The quantitative estimate of drug-likeness (QED) is 0.263. The second kappa shape index (κ2) is 13.5. The number of benzene rings is 1. The lowest BCUT2D eigenvalue weighted by Gasteiger charge is -2.37. The van der Waals surface area contributed by atoms with Crippen molar-refractivity contribution in [1.29, 1.82) is 0 Å². The van der Waals surface area contributed by atoms with E-state index in [0.29, 0.717) is 12.8 Å². The third kappa shape index (κ3) is 12.6. The van der Waals surface area contributed by atoms with E-state index in [1.807, 2.05) is 30.3 Å². The summed E-state index contributed by atoms with van der Waals surface area (Å²) in [4.78, 5) is 12.4. The minimum atomic E-state index is -3.63. The molecule has 0 aliphatic carbocycles. The zero-order chi connectivity index (χ0) is 25.1. The minimum Gasteiger partial charge on any atom is -0.445 e. The van der Waals surface area contributed by atoms with Crippen molar-refractivity contribution in [2.75, 3.05) is 12.9 Å². The van der Waals surface area contributed by atoms with E-state index < -0.39 is 30.6 Å². The van der Waals surface area contributed by atoms with Gasteiger partial charge in [0.05, 0.1) is 19.0 Å². The lowest BCUT2D eigenvalue weighted by Crippen LogP contribution is -2.43. The highest BCUT2D eigenvalue weighted by Crippen LogP contribution is 2.36. The van der Waals surface area contributed by atoms with E-state index in [1.165, 1.54) is 0 Å². The van der Waals surface area contributed by atoms with E-state index in [1.54, 1.807) is 0 Å². The topological polar surface area (TPSA) is 90.9 Å². The lowest BCUT2D eigenvalue weighted by atomic mass is 10.0. The number of nitrogens with one attached hydrogen (secondary N) is 1. The van der Waals surface area contributed by atoms with Gasteiger partial charge in [-0.25, -0.2) is 4.79 Å². The number of unbranched alkanes of at least 4 members (excludes halogenated alkanes) is 1. The molecule has 190 valence electrons. The molecule has 2 atom stereocenters. The number of hydrogen-bond acceptors (Lipinski definition) is 6. The minimum absolute atomic E-state index is 0.0103. The number of ether oxygens (including phenoxy) is 1. The average molecular weight is 502 g/mol. The third-order valence-corrected chi connectivity index (χ3v) is 11.1. The summed E-state index contributed by atoms with van der Waals surface area (Å²) in [5.74, 6) is 0. The van der Waals surface area contributed by atoms with E-state index in [4.69, 9.17) is 13.3 Å². The van der Waals surface area contributed by atoms with Crippen molar-refractivity contribution in [2.24, 2.45) is 0 Å². The van der Waals surface area contributed by atoms with Crippen molar-refractivity contribution in [1.82, 2.24) is 5.32 Å². The Morgan fingerprint density at radius 2 is 1.73 bits per heavy atom. The molecule has 0 saturated heterocycles. The fourth-order valence-electron chi connectivity index (χ4n) is 2.98. The summed E-state index contributed by atoms with van der Waals surface area (Å²) in [6.07, 6.45) is 3.73. The number of hydrogen-bond donors (Lipinski definition) is 1. The van der Waals surface area contributed by atoms with Crippen molar-refractivity contribution < 1.29 is 26.6 Å². The van der Waals surface area contributed by atoms with Crippen LogP contribution in [0.2, 0.25) is 18.1 Å². The van der Waals surface area contributed by atoms with Gasteiger partial charge in [-0.1, -0.05) is 70.9 Å². The summed E-state index contributed by atoms with van der Waals surface area (Å²) in [5, 5.41) is 2.95. The zero-order valence-corrected chi connectivity index (χ0v) is 23.2. The highest BCUT2D eigenvalue weighted by atomic mass is 32.2. The Hall–Kier alpha value is -1.42. The van der Waals surface area contributed by atoms with E-state index in [-0.39, 0.29) is 24.3 Å². The predicted molar refractivity (Wildman–Crippen MR) is 135 cm³/mol. The Labute approximate surface area is 201 Å². The Kier molecular flexibility index (Phi) is 12.1. The molecule has 1 amide bonds. The standard InChI is InChI=1S/C24H43NO6SSi/c1-8-9-15-21(25-23(26)29-18-20-13-11-10-12-14-20)16-17-22(31-32(5,27)28)19-30-33(6,7)24(2,3)4/h10-14,21-22H,8-9,15-19H2,1-7H3,(H,25,26)/t21-,22?/m0/s1. The molecule has 0 bridgehead atoms. The average Bonchev–Trinajstić information content (AvgIpc) is 2.71. The smallest absolute Gasteiger partial charge is 0.407 e. The summed E-state index contributed by atoms with van der Waals surface area (Å²) in [6, 6.07) is 9.37. The van der Waals surface area contributed by atoms with Gasteiger partial charge in [-0.05, 0) is 43.0 Å². The van der Waals surface area contributed by atoms with Crippen LogP contribution in [0.25, 0.3) is 0 Å². The molecule has 1 aromatic rings. The molecule has 0 fully saturated rings. The zero-order valence-electron chi connectivity index (χ0n) is 21.3. The van der Waals surface area contributed by atoms with E-state index in [9.17, 15) is 13.2 Å². The van der Waals surface area contributed by atoms with Gasteiger partial charge in [-0.2, -0.15) is 8.42 Å². The van der Waals surface area contributed by atoms with Crippen LogP contribution in [-0.2, 0) is 30.1 Å². The molecule has 0 saturated carbocycles. The van der Waals surface area contributed by atoms with Crippen LogP contribution >= 0.6 is 0 Å². The first-order chi connectivity index (χ1) is 15.2. The Morgan fingerprint density at radius 1 is 1.09 bits per heavy atom. The van der Waals surface area contributed by atoms with Gasteiger partial charge in [0.2, 0.25) is 0 Å². The van der Waals surface area contributed by atoms with E-state index >= 15 is 0 Å². The van der Waals surface area contributed by atoms with Crippen molar-refractivity contribution in [3.05, 3.63) is 35.9 Å². The van der Waals surface area contributed by atoms with Gasteiger partial charge >= 0.3 is 6.09 Å². The highest BCUT2D eigenvalue weighted by Gasteiger charge is 2.38. The monoisotopic (exact) mass is 501 g/mol. The molecule has 0 heterocycles. The molecule has 0 radical (unpaired) electrons. The number of carbonyl (C=O) groups excluding carboxylic acids is 1. The lowest BCUT2D eigenvalue weighted by molar-refractivity contribution is 0.110. The molecule has 0 aromatic heterocycles. The second-order valence-corrected chi connectivity index (χ2v) is 16.5. The van der Waals surface area contributed by atoms with Crippen molar-refractivity contribution in [3.8, 4) is 0 Å². The molecule has 33 heavy (non-hydrogen) atoms. The Morgan fingerprint density at radius 3 is 2.27 bits per heavy atom. The molecule has 1 unspecified atom stereocenters. The van der Waals surface area contributed by atoms with Crippen LogP contribution < -0.4 is 5.32 Å². The van der Waals surface area contributed by atoms with Crippen LogP contribution in [-0.4, -0.2) is 47.8 Å². The number of carbonyl (C=O) groups is 1. The second-order valence-electron chi connectivity index (χ2n) is 10.1. The van der Waals surface area contributed by atoms with Gasteiger partial charge in [-0.15, -0.1) is 0 Å². The molecule has 1 aromatic carbocycles. The third-order valence-electron chi connectivity index (χ3n) is 6.03. The van der Waals surface area contributed by atoms with Crippen molar-refractivity contribution in [3.63, 3.8) is 0 Å². The normalized spacial score (nSPS) is 14.5. The summed E-state index contributed by atoms with van der Waals surface area (Å²) >= 11 is 0. The van der Waals surface area contributed by atoms with E-state index in [0.717, 1.165) is 31.1 Å². The van der Waals surface area contributed by atoms with Crippen LogP contribution in [0.1, 0.15) is 65.4 Å². The van der Waals surface area contributed by atoms with Crippen LogP contribution in [0, 0.1) is 0 Å². The van der Waals surface area contributed by atoms with Crippen LogP contribution in [0.5, 0.6) is 0 Å². The summed E-state index contributed by atoms with van der Waals surface area (Å²) < 4.78 is 40.6. The van der Waals surface area contributed by atoms with Crippen LogP contribution in [0.4, 0.5) is 4.79 Å². The fraction of sp³-hybridized carbons (Fsp3) is 0.708. The van der Waals surface area contributed by atoms with Crippen LogP contribution in [0.15, 0.2) is 30.3 Å². The van der Waals surface area contributed by atoms with Gasteiger partial charge < -0.3 is 14.5 Å². The molecule has 1 rings (SSSR count). The molecule has 0 spiro atoms. The maximum atomic E-state index is 12.4. The maximum absolute atomic E-state index is 12.4. The first-order valence-corrected chi connectivity index (χ1v) is 16.5. The number of rotatable bonds is 14. The summed E-state index contributed by atoms with van der Waals surface area (Å²) in [6.45, 7) is 13.2. The number of alkyl carbamates (subject to hydrolysis) is 1. The molecule has 0 aliphatic heterocycles. The molecular weight excluding hydrogens is 458 g/mol. The van der Waals surface area contributed by atoms with Gasteiger partial charge in [0, 0.05) is 6.04 Å². The molecule has 9 heteroatoms. The maximum Gasteiger partial charge on any atom is 0.407 e. The Balaban J connectivity index is 2.72. The first-order valence-electron chi connectivity index (χ1n) is 11.7. The molecule has 7 nitrogen and oxygen atoms in total. The predicted octanol–water partition coefficient (Wildman–Crippen LogP) is 5.62. The van der Waals surface area contributed by atoms with Gasteiger partial charge in [0.1, 0.15) is 6.61 Å². The van der Waals surface area contributed by atoms with Gasteiger partial charge in [0.25, 0.3) is 10.1 Å². The number of amides is 1. The largest absolute Gasteiger partial charge is 0.445 e. The fourth-order valence-corrected chi connectivity index (χ4v) is 4.66. The van der Waals surface area contributed by atoms with Gasteiger partial charge in [-0.3, -0.25) is 4.18 Å².